The van der Waals surface area contributed by atoms with Gasteiger partial charge in [-0.25, -0.2) is 0 Å². The molecule has 6 rings (SSSR count). The minimum Gasteiger partial charge on any atom is -0.497 e. The van der Waals surface area contributed by atoms with E-state index in [-0.39, 0.29) is 6.61 Å². The van der Waals surface area contributed by atoms with Gasteiger partial charge in [-0.2, -0.15) is 0 Å². The van der Waals surface area contributed by atoms with Crippen molar-refractivity contribution in [2.45, 2.75) is 31.8 Å². The predicted octanol–water partition coefficient (Wildman–Crippen LogP) is 3.03. The van der Waals surface area contributed by atoms with Crippen LogP contribution in [0, 0.1) is 11.8 Å². The number of aromatic nitrogens is 1. The Kier molecular flexibility index (Phi) is 3.10. The minimum atomic E-state index is 0.289. The number of H-pyrrole nitrogens is 1. The maximum atomic E-state index is 10.1. The molecule has 126 valence electrons. The number of piperidine rings is 3. The van der Waals surface area contributed by atoms with E-state index in [1.54, 1.807) is 7.11 Å². The van der Waals surface area contributed by atoms with Crippen LogP contribution < -0.4 is 4.74 Å². The summed E-state index contributed by atoms with van der Waals surface area (Å²) in [5, 5.41) is 11.3. The van der Waals surface area contributed by atoms with Crippen LogP contribution in [0.3, 0.4) is 0 Å². The summed E-state index contributed by atoms with van der Waals surface area (Å²) in [6, 6.07) is 7.24. The average molecular weight is 324 g/mol. The van der Waals surface area contributed by atoms with Crippen molar-refractivity contribution in [2.75, 3.05) is 20.3 Å². The summed E-state index contributed by atoms with van der Waals surface area (Å²) < 4.78 is 5.43. The fourth-order valence-electron chi connectivity index (χ4n) is 5.47. The number of aromatic amines is 1. The van der Waals surface area contributed by atoms with Gasteiger partial charge in [-0.1, -0.05) is 11.6 Å². The Bertz CT molecular complexity index is 838. The first kappa shape index (κ1) is 14.6. The molecule has 4 bridgehead atoms. The van der Waals surface area contributed by atoms with Gasteiger partial charge in [-0.15, -0.1) is 0 Å². The van der Waals surface area contributed by atoms with Crippen LogP contribution in [0.2, 0.25) is 0 Å². The smallest absolute Gasteiger partial charge is 0.119 e. The molecule has 3 saturated heterocycles. The molecular weight excluding hydrogens is 300 g/mol. The molecule has 2 N–H and O–H groups in total. The first-order chi connectivity index (χ1) is 11.7. The van der Waals surface area contributed by atoms with Crippen molar-refractivity contribution in [2.24, 2.45) is 11.8 Å². The standard InChI is InChI=1S/C20H24N2O2/c1-3-11-9-22-18-8-15-14-6-12(24-2)4-5-17(14)21-20(15)19(22)7-13(11)16(18)10-23/h3-6,13,16,18-19,21,23H,7-10H2,1-2H3/b11-3-/t13?,16?,18?,19-/m0/s1. The molecule has 4 aliphatic heterocycles. The number of benzene rings is 1. The summed E-state index contributed by atoms with van der Waals surface area (Å²) in [6.45, 7) is 3.49. The molecule has 0 amide bonds. The van der Waals surface area contributed by atoms with E-state index in [9.17, 15) is 5.11 Å². The summed E-state index contributed by atoms with van der Waals surface area (Å²) in [6.07, 6.45) is 4.42. The molecule has 4 nitrogen and oxygen atoms in total. The van der Waals surface area contributed by atoms with E-state index in [1.807, 2.05) is 6.07 Å². The predicted molar refractivity (Wildman–Crippen MR) is 94.2 cm³/mol. The second-order valence-corrected chi connectivity index (χ2v) is 7.44. The molecule has 1 aromatic heterocycles. The number of ether oxygens (including phenoxy) is 1. The zero-order valence-corrected chi connectivity index (χ0v) is 14.2. The molecule has 0 saturated carbocycles. The molecule has 3 fully saturated rings. The molecule has 4 unspecified atom stereocenters. The van der Waals surface area contributed by atoms with E-state index < -0.39 is 0 Å². The van der Waals surface area contributed by atoms with Crippen LogP contribution in [0.4, 0.5) is 0 Å². The highest BCUT2D eigenvalue weighted by molar-refractivity contribution is 5.86. The van der Waals surface area contributed by atoms with Crippen LogP contribution in [0.25, 0.3) is 10.9 Å². The summed E-state index contributed by atoms with van der Waals surface area (Å²) in [4.78, 5) is 6.32. The van der Waals surface area contributed by atoms with E-state index in [4.69, 9.17) is 4.74 Å². The molecule has 24 heavy (non-hydrogen) atoms. The summed E-state index contributed by atoms with van der Waals surface area (Å²) >= 11 is 0. The summed E-state index contributed by atoms with van der Waals surface area (Å²) in [5.41, 5.74) is 5.56. The van der Waals surface area contributed by atoms with Crippen molar-refractivity contribution < 1.29 is 9.84 Å². The van der Waals surface area contributed by atoms with Crippen molar-refractivity contribution in [1.29, 1.82) is 0 Å². The third-order valence-corrected chi connectivity index (χ3v) is 6.63. The lowest BCUT2D eigenvalue weighted by Crippen LogP contribution is -2.60. The number of nitrogens with one attached hydrogen (secondary N) is 1. The highest BCUT2D eigenvalue weighted by Crippen LogP contribution is 2.54. The zero-order valence-electron chi connectivity index (χ0n) is 14.2. The first-order valence-corrected chi connectivity index (χ1v) is 8.95. The molecule has 1 aromatic carbocycles. The molecule has 2 aromatic rings. The Balaban J connectivity index is 1.66. The second kappa shape index (κ2) is 5.11. The largest absolute Gasteiger partial charge is 0.497 e. The van der Waals surface area contributed by atoms with Crippen LogP contribution in [0.15, 0.2) is 29.8 Å². The van der Waals surface area contributed by atoms with Crippen LogP contribution in [0.1, 0.15) is 30.6 Å². The van der Waals surface area contributed by atoms with Gasteiger partial charge in [0.05, 0.1) is 13.2 Å². The molecule has 0 spiro atoms. The topological polar surface area (TPSA) is 48.5 Å². The second-order valence-electron chi connectivity index (χ2n) is 7.44. The Morgan fingerprint density at radius 1 is 1.42 bits per heavy atom. The molecule has 4 heteroatoms. The maximum Gasteiger partial charge on any atom is 0.119 e. The van der Waals surface area contributed by atoms with Crippen molar-refractivity contribution in [3.05, 3.63) is 41.1 Å². The number of fused-ring (bicyclic) bond motifs is 4. The van der Waals surface area contributed by atoms with Gasteiger partial charge >= 0.3 is 0 Å². The van der Waals surface area contributed by atoms with Gasteiger partial charge in [0.15, 0.2) is 0 Å². The average Bonchev–Trinajstić information content (AvgIpc) is 2.99. The van der Waals surface area contributed by atoms with E-state index in [0.29, 0.717) is 23.9 Å². The number of methoxy groups -OCH3 is 1. The number of rotatable bonds is 2. The Hall–Kier alpha value is -1.78. The molecule has 0 aliphatic carbocycles. The third kappa shape index (κ3) is 1.76. The van der Waals surface area contributed by atoms with Gasteiger partial charge in [0.25, 0.3) is 0 Å². The SMILES string of the molecule is C/C=C1/CN2C3Cc4c([nH]c5ccc(OC)cc45)[C@@H]2CC1C3CO. The molecule has 5 atom stereocenters. The molecular formula is C20H24N2O2. The quantitative estimate of drug-likeness (QED) is 0.835. The number of allylic oxidation sites excluding steroid dienone is 1. The Labute approximate surface area is 142 Å². The van der Waals surface area contributed by atoms with Gasteiger partial charge in [0, 0.05) is 41.7 Å². The van der Waals surface area contributed by atoms with Gasteiger partial charge in [-0.05, 0) is 49.4 Å². The van der Waals surface area contributed by atoms with E-state index >= 15 is 0 Å². The minimum absolute atomic E-state index is 0.289. The van der Waals surface area contributed by atoms with Gasteiger partial charge in [-0.3, -0.25) is 4.90 Å². The third-order valence-electron chi connectivity index (χ3n) is 6.63. The molecule has 4 aliphatic rings. The van der Waals surface area contributed by atoms with Crippen LogP contribution in [-0.2, 0) is 6.42 Å². The lowest BCUT2D eigenvalue weighted by molar-refractivity contribution is -0.0503. The highest BCUT2D eigenvalue weighted by atomic mass is 16.5. The van der Waals surface area contributed by atoms with E-state index in [2.05, 4.69) is 35.0 Å². The van der Waals surface area contributed by atoms with Crippen molar-refractivity contribution in [1.82, 2.24) is 9.88 Å². The highest BCUT2D eigenvalue weighted by Gasteiger charge is 2.52. The molecule has 5 heterocycles. The zero-order chi connectivity index (χ0) is 16.4. The van der Waals surface area contributed by atoms with E-state index in [0.717, 1.165) is 25.1 Å². The Morgan fingerprint density at radius 2 is 2.29 bits per heavy atom. The Morgan fingerprint density at radius 3 is 3.04 bits per heavy atom. The number of nitrogens with zero attached hydrogens (tertiary/aromatic N) is 1. The summed E-state index contributed by atoms with van der Waals surface area (Å²) in [7, 11) is 1.72. The fraction of sp³-hybridized carbons (Fsp3) is 0.500. The number of aliphatic hydroxyl groups excluding tert-OH is 1. The van der Waals surface area contributed by atoms with E-state index in [1.165, 1.54) is 27.7 Å². The monoisotopic (exact) mass is 324 g/mol. The molecule has 0 radical (unpaired) electrons. The maximum absolute atomic E-state index is 10.1. The number of hydrogen-bond donors (Lipinski definition) is 2. The number of aliphatic hydroxyl groups is 1. The van der Waals surface area contributed by atoms with Crippen molar-refractivity contribution >= 4 is 10.9 Å². The fourth-order valence-corrected chi connectivity index (χ4v) is 5.47. The van der Waals surface area contributed by atoms with Crippen LogP contribution >= 0.6 is 0 Å². The number of hydrogen-bond acceptors (Lipinski definition) is 3. The summed E-state index contributed by atoms with van der Waals surface area (Å²) in [5.74, 6) is 1.82. The van der Waals surface area contributed by atoms with Crippen molar-refractivity contribution in [3.8, 4) is 5.75 Å². The van der Waals surface area contributed by atoms with Gasteiger partial charge in [0.2, 0.25) is 0 Å². The first-order valence-electron chi connectivity index (χ1n) is 8.95. The van der Waals surface area contributed by atoms with Crippen molar-refractivity contribution in [3.63, 3.8) is 0 Å². The normalized spacial score (nSPS) is 35.5. The lowest BCUT2D eigenvalue weighted by atomic mass is 9.64. The van der Waals surface area contributed by atoms with Gasteiger partial charge < -0.3 is 14.8 Å². The van der Waals surface area contributed by atoms with Crippen LogP contribution in [0.5, 0.6) is 5.75 Å². The van der Waals surface area contributed by atoms with Gasteiger partial charge in [0.1, 0.15) is 5.75 Å². The lowest BCUT2D eigenvalue weighted by Gasteiger charge is -2.58. The van der Waals surface area contributed by atoms with Crippen LogP contribution in [-0.4, -0.2) is 41.3 Å².